The molecule has 0 radical (unpaired) electrons. The van der Waals surface area contributed by atoms with Crippen molar-refractivity contribution in [1.82, 2.24) is 0 Å². The maximum Gasteiger partial charge on any atom is 0.516 e. The Kier molecular flexibility index (Phi) is 29.8. The number of carbonyl (C=O) groups excluding carboxylic acids is 2. The third kappa shape index (κ3) is 30.8. The van der Waals surface area contributed by atoms with Crippen LogP contribution in [0.3, 0.4) is 0 Å². The number of allylic oxidation sites excluding steroid dienone is 2. The molecule has 0 unspecified atom stereocenters. The van der Waals surface area contributed by atoms with Crippen LogP contribution >= 0.6 is 0 Å². The molecule has 0 heterocycles. The van der Waals surface area contributed by atoms with Crippen LogP contribution in [-0.4, -0.2) is 18.7 Å². The first-order valence-corrected chi connectivity index (χ1v) is 16.2. The molecular weight excluding hydrogens is 460 g/mol. The second-order valence-corrected chi connectivity index (χ2v) is 10.8. The van der Waals surface area contributed by atoms with Crippen LogP contribution in [0.5, 0.6) is 0 Å². The van der Waals surface area contributed by atoms with Crippen molar-refractivity contribution in [2.24, 2.45) is 0 Å². The number of rotatable bonds is 28. The van der Waals surface area contributed by atoms with Gasteiger partial charge < -0.3 is 9.47 Å². The summed E-state index contributed by atoms with van der Waals surface area (Å²) < 4.78 is 9.77. The number of esters is 1. The van der Waals surface area contributed by atoms with Crippen molar-refractivity contribution in [1.29, 1.82) is 0 Å². The molecule has 4 heteroatoms. The fraction of sp³-hybridized carbons (Fsp3) is 0.879. The highest BCUT2D eigenvalue weighted by atomic mass is 16.7. The minimum Gasteiger partial charge on any atom is -0.434 e. The third-order valence-electron chi connectivity index (χ3n) is 7.06. The van der Waals surface area contributed by atoms with Gasteiger partial charge >= 0.3 is 12.1 Å². The van der Waals surface area contributed by atoms with E-state index in [1.165, 1.54) is 128 Å². The summed E-state index contributed by atoms with van der Waals surface area (Å²) in [5, 5.41) is 0. The van der Waals surface area contributed by atoms with Gasteiger partial charge in [-0.15, -0.1) is 0 Å². The van der Waals surface area contributed by atoms with E-state index in [1.807, 2.05) is 0 Å². The van der Waals surface area contributed by atoms with Gasteiger partial charge in [-0.3, -0.25) is 4.79 Å². The van der Waals surface area contributed by atoms with E-state index in [1.54, 1.807) is 0 Å². The predicted molar refractivity (Wildman–Crippen MR) is 158 cm³/mol. The minimum absolute atomic E-state index is 0.305. The minimum atomic E-state index is -0.832. The van der Waals surface area contributed by atoms with Gasteiger partial charge in [0.1, 0.15) is 0 Å². The Bertz CT molecular complexity index is 514. The van der Waals surface area contributed by atoms with E-state index in [9.17, 15) is 9.59 Å². The van der Waals surface area contributed by atoms with Crippen LogP contribution in [0.2, 0.25) is 0 Å². The first-order valence-electron chi connectivity index (χ1n) is 16.2. The Morgan fingerprint density at radius 1 is 0.486 bits per heavy atom. The number of hydrogen-bond donors (Lipinski definition) is 0. The molecule has 37 heavy (non-hydrogen) atoms. The lowest BCUT2D eigenvalue weighted by molar-refractivity contribution is -0.139. The zero-order valence-corrected chi connectivity index (χ0v) is 24.9. The van der Waals surface area contributed by atoms with Crippen LogP contribution in [0.25, 0.3) is 0 Å². The summed E-state index contributed by atoms with van der Waals surface area (Å²) in [4.78, 5) is 23.4. The van der Waals surface area contributed by atoms with Gasteiger partial charge in [-0.25, -0.2) is 4.79 Å². The van der Waals surface area contributed by atoms with Gasteiger partial charge in [0.05, 0.1) is 6.61 Å². The van der Waals surface area contributed by atoms with Crippen molar-refractivity contribution < 1.29 is 19.1 Å². The van der Waals surface area contributed by atoms with E-state index in [0.717, 1.165) is 32.1 Å². The molecule has 0 rings (SSSR count). The van der Waals surface area contributed by atoms with E-state index in [-0.39, 0.29) is 0 Å². The van der Waals surface area contributed by atoms with Crippen molar-refractivity contribution in [3.63, 3.8) is 0 Å². The van der Waals surface area contributed by atoms with Crippen LogP contribution < -0.4 is 0 Å². The summed E-state index contributed by atoms with van der Waals surface area (Å²) >= 11 is 0. The molecule has 0 bridgehead atoms. The molecular formula is C33H62O4. The number of hydrogen-bond acceptors (Lipinski definition) is 4. The Morgan fingerprint density at radius 3 is 1.32 bits per heavy atom. The predicted octanol–water partition coefficient (Wildman–Crippen LogP) is 11.4. The lowest BCUT2D eigenvalue weighted by atomic mass is 10.1. The van der Waals surface area contributed by atoms with Gasteiger partial charge in [0, 0.05) is 6.42 Å². The number of ether oxygens (including phenoxy) is 2. The van der Waals surface area contributed by atoms with Gasteiger partial charge in [0.25, 0.3) is 0 Å². The summed E-state index contributed by atoms with van der Waals surface area (Å²) in [5.41, 5.74) is 0. The highest BCUT2D eigenvalue weighted by Crippen LogP contribution is 2.13. The molecule has 218 valence electrons. The lowest BCUT2D eigenvalue weighted by Crippen LogP contribution is -2.14. The molecule has 0 saturated heterocycles. The maximum atomic E-state index is 11.8. The van der Waals surface area contributed by atoms with E-state index in [2.05, 4.69) is 26.0 Å². The first-order chi connectivity index (χ1) is 18.2. The van der Waals surface area contributed by atoms with Gasteiger partial charge in [-0.2, -0.15) is 0 Å². The number of carbonyl (C=O) groups is 2. The molecule has 0 aliphatic carbocycles. The molecule has 0 aliphatic rings. The van der Waals surface area contributed by atoms with Gasteiger partial charge in [0.15, 0.2) is 0 Å². The van der Waals surface area contributed by atoms with Crippen molar-refractivity contribution >= 4 is 12.1 Å². The zero-order valence-electron chi connectivity index (χ0n) is 24.9. The SMILES string of the molecule is CCCCCCCCC=CCCCCCCCCCCCC(=O)OC(=O)OCCCCCCCCCC. The Balaban J connectivity index is 3.30. The van der Waals surface area contributed by atoms with Gasteiger partial charge in [0.2, 0.25) is 0 Å². The third-order valence-corrected chi connectivity index (χ3v) is 7.06. The monoisotopic (exact) mass is 522 g/mol. The first kappa shape index (κ1) is 35.7. The summed E-state index contributed by atoms with van der Waals surface area (Å²) in [6.45, 7) is 4.84. The van der Waals surface area contributed by atoms with Crippen LogP contribution in [0.15, 0.2) is 12.2 Å². The summed E-state index contributed by atoms with van der Waals surface area (Å²) in [7, 11) is 0. The number of unbranched alkanes of at least 4 members (excludes halogenated alkanes) is 22. The second kappa shape index (κ2) is 30.9. The quantitative estimate of drug-likeness (QED) is 0.0443. The molecule has 0 aliphatic heterocycles. The summed E-state index contributed by atoms with van der Waals surface area (Å²) in [5.74, 6) is -0.457. The molecule has 0 aromatic rings. The van der Waals surface area contributed by atoms with E-state index < -0.39 is 12.1 Å². The maximum absolute atomic E-state index is 11.8. The summed E-state index contributed by atoms with van der Waals surface area (Å²) in [6, 6.07) is 0. The highest BCUT2D eigenvalue weighted by Gasteiger charge is 2.11. The second-order valence-electron chi connectivity index (χ2n) is 10.8. The largest absolute Gasteiger partial charge is 0.516 e. The highest BCUT2D eigenvalue weighted by molar-refractivity contribution is 5.81. The van der Waals surface area contributed by atoms with Crippen LogP contribution in [-0.2, 0) is 14.3 Å². The van der Waals surface area contributed by atoms with Crippen molar-refractivity contribution in [3.05, 3.63) is 12.2 Å². The van der Waals surface area contributed by atoms with Crippen molar-refractivity contribution in [3.8, 4) is 0 Å². The molecule has 0 saturated carbocycles. The molecule has 0 spiro atoms. The van der Waals surface area contributed by atoms with Crippen molar-refractivity contribution in [2.45, 2.75) is 181 Å². The topological polar surface area (TPSA) is 52.6 Å². The van der Waals surface area contributed by atoms with Crippen molar-refractivity contribution in [2.75, 3.05) is 6.61 Å². The average Bonchev–Trinajstić information content (AvgIpc) is 2.89. The van der Waals surface area contributed by atoms with E-state index in [4.69, 9.17) is 9.47 Å². The molecule has 0 N–H and O–H groups in total. The van der Waals surface area contributed by atoms with Gasteiger partial charge in [-0.1, -0.05) is 148 Å². The van der Waals surface area contributed by atoms with Gasteiger partial charge in [-0.05, 0) is 38.5 Å². The summed E-state index contributed by atoms with van der Waals surface area (Å²) in [6.07, 6.45) is 35.3. The Morgan fingerprint density at radius 2 is 0.865 bits per heavy atom. The van der Waals surface area contributed by atoms with Crippen LogP contribution in [0.4, 0.5) is 4.79 Å². The smallest absolute Gasteiger partial charge is 0.434 e. The van der Waals surface area contributed by atoms with Crippen LogP contribution in [0, 0.1) is 0 Å². The molecule has 0 amide bonds. The van der Waals surface area contributed by atoms with E-state index in [0.29, 0.717) is 13.0 Å². The molecule has 4 nitrogen and oxygen atoms in total. The molecule has 0 fully saturated rings. The Labute approximate surface area is 230 Å². The van der Waals surface area contributed by atoms with E-state index >= 15 is 0 Å². The average molecular weight is 523 g/mol. The molecule has 0 aromatic heterocycles. The zero-order chi connectivity index (χ0) is 27.1. The Hall–Kier alpha value is -1.32. The standard InChI is InChI=1S/C33H62O4/c1-3-5-7-9-11-13-14-15-16-17-18-19-20-21-22-23-24-26-28-30-32(34)37-33(35)36-31-29-27-25-12-10-8-6-4-2/h15-16H,3-14,17-31H2,1-2H3. The molecule has 0 atom stereocenters. The molecule has 0 aromatic carbocycles. The fourth-order valence-electron chi connectivity index (χ4n) is 4.61. The normalized spacial score (nSPS) is 11.3. The lowest BCUT2D eigenvalue weighted by Gasteiger charge is -2.05. The fourth-order valence-corrected chi connectivity index (χ4v) is 4.61. The van der Waals surface area contributed by atoms with Crippen LogP contribution in [0.1, 0.15) is 181 Å².